The van der Waals surface area contributed by atoms with Crippen LogP contribution in [0.1, 0.15) is 53.4 Å². The molecule has 78 valence electrons. The Morgan fingerprint density at radius 2 is 1.62 bits per heavy atom. The average Bonchev–Trinajstić information content (AvgIpc) is 2.54. The first-order chi connectivity index (χ1) is 5.96. The van der Waals surface area contributed by atoms with Crippen molar-refractivity contribution in [2.45, 2.75) is 59.0 Å². The highest BCUT2D eigenvalue weighted by atomic mass is 16.3. The molecule has 0 bridgehead atoms. The molecule has 1 aliphatic rings. The Morgan fingerprint density at radius 1 is 1.15 bits per heavy atom. The van der Waals surface area contributed by atoms with E-state index in [1.165, 1.54) is 25.7 Å². The summed E-state index contributed by atoms with van der Waals surface area (Å²) >= 11 is 0. The predicted molar refractivity (Wildman–Crippen MR) is 56.6 cm³/mol. The van der Waals surface area contributed by atoms with Gasteiger partial charge in [-0.15, -0.1) is 0 Å². The highest BCUT2D eigenvalue weighted by molar-refractivity contribution is 4.90. The summed E-state index contributed by atoms with van der Waals surface area (Å²) in [4.78, 5) is 0. The Bertz CT molecular complexity index is 151. The van der Waals surface area contributed by atoms with Gasteiger partial charge in [0.2, 0.25) is 0 Å². The smallest absolute Gasteiger partial charge is 0.0675 e. The Kier molecular flexibility index (Phi) is 3.39. The number of rotatable bonds is 3. The monoisotopic (exact) mass is 184 g/mol. The van der Waals surface area contributed by atoms with E-state index in [9.17, 15) is 5.11 Å². The first-order valence-electron chi connectivity index (χ1n) is 5.68. The second-order valence-electron chi connectivity index (χ2n) is 5.24. The van der Waals surface area contributed by atoms with Crippen molar-refractivity contribution >= 4 is 0 Å². The molecule has 1 heteroatoms. The molecule has 0 aliphatic heterocycles. The topological polar surface area (TPSA) is 20.2 Å². The SMILES string of the molecule is CC(C)C(C)C(C)(O)C1CCCC1. The molecule has 1 rings (SSSR count). The van der Waals surface area contributed by atoms with E-state index in [-0.39, 0.29) is 0 Å². The molecule has 0 saturated heterocycles. The van der Waals surface area contributed by atoms with Crippen LogP contribution < -0.4 is 0 Å². The second-order valence-corrected chi connectivity index (χ2v) is 5.24. The van der Waals surface area contributed by atoms with Crippen molar-refractivity contribution in [3.8, 4) is 0 Å². The molecule has 0 aromatic carbocycles. The van der Waals surface area contributed by atoms with Gasteiger partial charge in [0.1, 0.15) is 0 Å². The van der Waals surface area contributed by atoms with E-state index in [2.05, 4.69) is 20.8 Å². The zero-order valence-electron chi connectivity index (χ0n) is 9.51. The van der Waals surface area contributed by atoms with E-state index in [0.29, 0.717) is 17.8 Å². The number of hydrogen-bond donors (Lipinski definition) is 1. The lowest BCUT2D eigenvalue weighted by Gasteiger charge is -2.38. The lowest BCUT2D eigenvalue weighted by molar-refractivity contribution is -0.0607. The van der Waals surface area contributed by atoms with E-state index >= 15 is 0 Å². The van der Waals surface area contributed by atoms with Gasteiger partial charge in [-0.05, 0) is 37.5 Å². The minimum Gasteiger partial charge on any atom is -0.390 e. The summed E-state index contributed by atoms with van der Waals surface area (Å²) in [6.45, 7) is 8.62. The Hall–Kier alpha value is -0.0400. The van der Waals surface area contributed by atoms with Crippen LogP contribution in [0, 0.1) is 17.8 Å². The first-order valence-corrected chi connectivity index (χ1v) is 5.68. The third-order valence-corrected chi connectivity index (χ3v) is 4.10. The zero-order valence-corrected chi connectivity index (χ0v) is 9.51. The Labute approximate surface area is 82.5 Å². The summed E-state index contributed by atoms with van der Waals surface area (Å²) in [5.74, 6) is 1.54. The van der Waals surface area contributed by atoms with E-state index in [1.54, 1.807) is 0 Å². The van der Waals surface area contributed by atoms with Crippen molar-refractivity contribution < 1.29 is 5.11 Å². The average molecular weight is 184 g/mol. The number of aliphatic hydroxyl groups is 1. The van der Waals surface area contributed by atoms with Crippen LogP contribution in [-0.4, -0.2) is 10.7 Å². The van der Waals surface area contributed by atoms with Crippen molar-refractivity contribution in [2.75, 3.05) is 0 Å². The fraction of sp³-hybridized carbons (Fsp3) is 1.00. The van der Waals surface area contributed by atoms with Crippen molar-refractivity contribution in [3.63, 3.8) is 0 Å². The lowest BCUT2D eigenvalue weighted by atomic mass is 9.73. The molecule has 2 unspecified atom stereocenters. The highest BCUT2D eigenvalue weighted by Gasteiger charge is 2.39. The van der Waals surface area contributed by atoms with E-state index in [1.807, 2.05) is 6.92 Å². The van der Waals surface area contributed by atoms with Crippen molar-refractivity contribution in [1.29, 1.82) is 0 Å². The number of hydrogen-bond acceptors (Lipinski definition) is 1. The van der Waals surface area contributed by atoms with Crippen molar-refractivity contribution in [3.05, 3.63) is 0 Å². The van der Waals surface area contributed by atoms with Crippen molar-refractivity contribution in [2.24, 2.45) is 17.8 Å². The van der Waals surface area contributed by atoms with Gasteiger partial charge in [0.15, 0.2) is 0 Å². The van der Waals surface area contributed by atoms with Gasteiger partial charge in [-0.1, -0.05) is 33.6 Å². The van der Waals surface area contributed by atoms with Crippen LogP contribution in [0.15, 0.2) is 0 Å². The summed E-state index contributed by atoms with van der Waals surface area (Å²) in [6, 6.07) is 0. The maximum atomic E-state index is 10.5. The molecule has 0 amide bonds. The van der Waals surface area contributed by atoms with Gasteiger partial charge in [0.05, 0.1) is 5.60 Å². The standard InChI is InChI=1S/C12H24O/c1-9(2)10(3)12(4,13)11-7-5-6-8-11/h9-11,13H,5-8H2,1-4H3. The van der Waals surface area contributed by atoms with Gasteiger partial charge in [0, 0.05) is 0 Å². The fourth-order valence-electron chi connectivity index (χ4n) is 2.56. The van der Waals surface area contributed by atoms with E-state index in [0.717, 1.165) is 0 Å². The molecule has 13 heavy (non-hydrogen) atoms. The molecule has 2 atom stereocenters. The molecule has 0 aromatic heterocycles. The van der Waals surface area contributed by atoms with E-state index in [4.69, 9.17) is 0 Å². The first kappa shape index (κ1) is 11.0. The minimum absolute atomic E-state index is 0.413. The van der Waals surface area contributed by atoms with Crippen molar-refractivity contribution in [1.82, 2.24) is 0 Å². The van der Waals surface area contributed by atoms with Crippen LogP contribution in [0.5, 0.6) is 0 Å². The third kappa shape index (κ3) is 2.25. The lowest BCUT2D eigenvalue weighted by Crippen LogP contribution is -2.42. The maximum absolute atomic E-state index is 10.5. The third-order valence-electron chi connectivity index (χ3n) is 4.10. The molecule has 1 aliphatic carbocycles. The molecule has 1 fully saturated rings. The van der Waals surface area contributed by atoms with Gasteiger partial charge in [-0.2, -0.15) is 0 Å². The molecule has 0 aromatic rings. The molecule has 0 radical (unpaired) electrons. The predicted octanol–water partition coefficient (Wildman–Crippen LogP) is 3.22. The summed E-state index contributed by atoms with van der Waals surface area (Å²) in [6.07, 6.45) is 5.07. The van der Waals surface area contributed by atoms with Crippen LogP contribution in [0.25, 0.3) is 0 Å². The summed E-state index contributed by atoms with van der Waals surface area (Å²) in [7, 11) is 0. The van der Waals surface area contributed by atoms with Crippen LogP contribution in [0.3, 0.4) is 0 Å². The van der Waals surface area contributed by atoms with Crippen LogP contribution in [0.2, 0.25) is 0 Å². The van der Waals surface area contributed by atoms with Crippen LogP contribution >= 0.6 is 0 Å². The fourth-order valence-corrected chi connectivity index (χ4v) is 2.56. The molecule has 0 heterocycles. The normalized spacial score (nSPS) is 26.3. The van der Waals surface area contributed by atoms with Gasteiger partial charge in [0.25, 0.3) is 0 Å². The Morgan fingerprint density at radius 3 is 2.00 bits per heavy atom. The highest BCUT2D eigenvalue weighted by Crippen LogP contribution is 2.40. The Balaban J connectivity index is 2.62. The van der Waals surface area contributed by atoms with Crippen LogP contribution in [-0.2, 0) is 0 Å². The molecule has 1 nitrogen and oxygen atoms in total. The zero-order chi connectivity index (χ0) is 10.1. The second kappa shape index (κ2) is 4.00. The summed E-state index contributed by atoms with van der Waals surface area (Å²) in [5, 5.41) is 10.5. The van der Waals surface area contributed by atoms with E-state index < -0.39 is 5.60 Å². The maximum Gasteiger partial charge on any atom is 0.0675 e. The molecule has 1 saturated carbocycles. The quantitative estimate of drug-likeness (QED) is 0.714. The minimum atomic E-state index is -0.440. The summed E-state index contributed by atoms with van der Waals surface area (Å²) in [5.41, 5.74) is -0.440. The molecule has 0 spiro atoms. The van der Waals surface area contributed by atoms with Gasteiger partial charge >= 0.3 is 0 Å². The molecular formula is C12H24O. The van der Waals surface area contributed by atoms with Gasteiger partial charge in [-0.3, -0.25) is 0 Å². The van der Waals surface area contributed by atoms with Crippen LogP contribution in [0.4, 0.5) is 0 Å². The largest absolute Gasteiger partial charge is 0.390 e. The summed E-state index contributed by atoms with van der Waals surface area (Å²) < 4.78 is 0. The van der Waals surface area contributed by atoms with Gasteiger partial charge < -0.3 is 5.11 Å². The molecular weight excluding hydrogens is 160 g/mol. The molecule has 1 N–H and O–H groups in total. The van der Waals surface area contributed by atoms with Gasteiger partial charge in [-0.25, -0.2) is 0 Å².